The molecule has 2 atom stereocenters. The maximum absolute atomic E-state index is 9.23. The Morgan fingerprint density at radius 3 is 1.36 bits per heavy atom. The predicted molar refractivity (Wildman–Crippen MR) is 85.6 cm³/mol. The summed E-state index contributed by atoms with van der Waals surface area (Å²) < 4.78 is 0. The number of nitriles is 2. The molecule has 2 aromatic carbocycles. The molecule has 4 nitrogen and oxygen atoms in total. The minimum atomic E-state index is -0.333. The van der Waals surface area contributed by atoms with Crippen LogP contribution in [0.1, 0.15) is 23.2 Å². The van der Waals surface area contributed by atoms with E-state index in [0.29, 0.717) is 13.1 Å². The summed E-state index contributed by atoms with van der Waals surface area (Å²) in [7, 11) is 0. The number of benzene rings is 2. The van der Waals surface area contributed by atoms with E-state index in [-0.39, 0.29) is 12.1 Å². The molecular weight excluding hydrogens is 272 g/mol. The molecule has 0 bridgehead atoms. The topological polar surface area (TPSA) is 71.6 Å². The van der Waals surface area contributed by atoms with Gasteiger partial charge in [0.25, 0.3) is 0 Å². The Bertz CT molecular complexity index is 581. The first kappa shape index (κ1) is 15.7. The highest BCUT2D eigenvalue weighted by Crippen LogP contribution is 2.12. The Labute approximate surface area is 131 Å². The zero-order valence-electron chi connectivity index (χ0n) is 12.2. The molecule has 0 aromatic heterocycles. The Balaban J connectivity index is 1.81. The Kier molecular flexibility index (Phi) is 6.14. The largest absolute Gasteiger partial charge is 0.297 e. The number of nitrogens with zero attached hydrogens (tertiary/aromatic N) is 2. The van der Waals surface area contributed by atoms with E-state index >= 15 is 0 Å². The highest BCUT2D eigenvalue weighted by molar-refractivity contribution is 5.24. The molecule has 0 aliphatic carbocycles. The van der Waals surface area contributed by atoms with Crippen molar-refractivity contribution in [3.63, 3.8) is 0 Å². The van der Waals surface area contributed by atoms with Crippen molar-refractivity contribution in [2.45, 2.75) is 12.1 Å². The first-order chi connectivity index (χ1) is 10.8. The maximum atomic E-state index is 9.23. The normalized spacial score (nSPS) is 12.8. The first-order valence-electron chi connectivity index (χ1n) is 7.21. The van der Waals surface area contributed by atoms with Gasteiger partial charge in [0.1, 0.15) is 12.1 Å². The third-order valence-corrected chi connectivity index (χ3v) is 3.35. The molecule has 2 rings (SSSR count). The Morgan fingerprint density at radius 2 is 1.05 bits per heavy atom. The lowest BCUT2D eigenvalue weighted by Gasteiger charge is -2.14. The summed E-state index contributed by atoms with van der Waals surface area (Å²) in [6.45, 7) is 1.22. The van der Waals surface area contributed by atoms with Gasteiger partial charge in [0.05, 0.1) is 12.1 Å². The summed E-state index contributed by atoms with van der Waals surface area (Å²) >= 11 is 0. The van der Waals surface area contributed by atoms with Crippen LogP contribution in [0.4, 0.5) is 0 Å². The monoisotopic (exact) mass is 290 g/mol. The minimum Gasteiger partial charge on any atom is -0.297 e. The summed E-state index contributed by atoms with van der Waals surface area (Å²) in [5, 5.41) is 24.8. The molecule has 0 saturated heterocycles. The Morgan fingerprint density at radius 1 is 0.682 bits per heavy atom. The molecule has 2 aromatic rings. The third kappa shape index (κ3) is 4.43. The maximum Gasteiger partial charge on any atom is 0.121 e. The van der Waals surface area contributed by atoms with Gasteiger partial charge in [-0.2, -0.15) is 10.5 Å². The van der Waals surface area contributed by atoms with E-state index in [2.05, 4.69) is 22.8 Å². The highest BCUT2D eigenvalue weighted by atomic mass is 15.0. The number of hydrogen-bond acceptors (Lipinski definition) is 4. The van der Waals surface area contributed by atoms with E-state index in [1.807, 2.05) is 60.7 Å². The fraction of sp³-hybridized carbons (Fsp3) is 0.222. The molecule has 0 amide bonds. The van der Waals surface area contributed by atoms with Crippen LogP contribution in [-0.2, 0) is 0 Å². The van der Waals surface area contributed by atoms with Crippen LogP contribution in [0.5, 0.6) is 0 Å². The molecule has 0 aliphatic rings. The van der Waals surface area contributed by atoms with Crippen molar-refractivity contribution < 1.29 is 0 Å². The van der Waals surface area contributed by atoms with Gasteiger partial charge in [0.2, 0.25) is 0 Å². The van der Waals surface area contributed by atoms with Crippen molar-refractivity contribution in [1.82, 2.24) is 10.6 Å². The van der Waals surface area contributed by atoms with Crippen molar-refractivity contribution in [2.75, 3.05) is 13.1 Å². The lowest BCUT2D eigenvalue weighted by atomic mass is 10.1. The van der Waals surface area contributed by atoms with Gasteiger partial charge in [-0.25, -0.2) is 0 Å². The summed E-state index contributed by atoms with van der Waals surface area (Å²) in [5.41, 5.74) is 1.90. The molecule has 2 N–H and O–H groups in total. The van der Waals surface area contributed by atoms with Crippen LogP contribution in [0.2, 0.25) is 0 Å². The molecular formula is C18H18N4. The van der Waals surface area contributed by atoms with E-state index in [0.717, 1.165) is 11.1 Å². The van der Waals surface area contributed by atoms with Crippen molar-refractivity contribution >= 4 is 0 Å². The molecule has 0 spiro atoms. The quantitative estimate of drug-likeness (QED) is 0.769. The van der Waals surface area contributed by atoms with Crippen molar-refractivity contribution in [1.29, 1.82) is 10.5 Å². The molecule has 0 saturated carbocycles. The zero-order valence-corrected chi connectivity index (χ0v) is 12.2. The van der Waals surface area contributed by atoms with Gasteiger partial charge in [0.15, 0.2) is 0 Å². The predicted octanol–water partition coefficient (Wildman–Crippen LogP) is 2.70. The van der Waals surface area contributed by atoms with Crippen molar-refractivity contribution in [3.05, 3.63) is 71.8 Å². The Hall–Kier alpha value is -2.66. The molecule has 0 radical (unpaired) electrons. The van der Waals surface area contributed by atoms with E-state index in [9.17, 15) is 10.5 Å². The average molecular weight is 290 g/mol. The van der Waals surface area contributed by atoms with Crippen LogP contribution in [0.15, 0.2) is 60.7 Å². The molecule has 0 aliphatic heterocycles. The third-order valence-electron chi connectivity index (χ3n) is 3.35. The minimum absolute atomic E-state index is 0.333. The smallest absolute Gasteiger partial charge is 0.121 e. The molecule has 0 fully saturated rings. The van der Waals surface area contributed by atoms with Gasteiger partial charge in [-0.1, -0.05) is 60.7 Å². The van der Waals surface area contributed by atoms with E-state index in [4.69, 9.17) is 0 Å². The van der Waals surface area contributed by atoms with Crippen molar-refractivity contribution in [2.24, 2.45) is 0 Å². The second kappa shape index (κ2) is 8.59. The van der Waals surface area contributed by atoms with Crippen LogP contribution < -0.4 is 10.6 Å². The van der Waals surface area contributed by atoms with Crippen LogP contribution in [0, 0.1) is 22.7 Å². The SMILES string of the molecule is N#C[C@H](NCCN[C@@H](C#N)c1ccccc1)c1ccccc1. The fourth-order valence-corrected chi connectivity index (χ4v) is 2.20. The molecule has 4 heteroatoms. The van der Waals surface area contributed by atoms with Gasteiger partial charge in [-0.05, 0) is 11.1 Å². The standard InChI is InChI=1S/C18H18N4/c19-13-17(15-7-3-1-4-8-15)21-11-12-22-18(14-20)16-9-5-2-6-10-16/h1-10,17-18,21-22H,11-12H2/t17-,18-/m0/s1. The van der Waals surface area contributed by atoms with E-state index in [1.165, 1.54) is 0 Å². The van der Waals surface area contributed by atoms with Gasteiger partial charge < -0.3 is 0 Å². The van der Waals surface area contributed by atoms with E-state index < -0.39 is 0 Å². The highest BCUT2D eigenvalue weighted by Gasteiger charge is 2.11. The molecule has 0 heterocycles. The summed E-state index contributed by atoms with van der Waals surface area (Å²) in [6.07, 6.45) is 0. The second-order valence-corrected chi connectivity index (χ2v) is 4.85. The molecule has 22 heavy (non-hydrogen) atoms. The van der Waals surface area contributed by atoms with Gasteiger partial charge >= 0.3 is 0 Å². The van der Waals surface area contributed by atoms with Crippen LogP contribution in [0.3, 0.4) is 0 Å². The second-order valence-electron chi connectivity index (χ2n) is 4.85. The summed E-state index contributed by atoms with van der Waals surface area (Å²) in [6, 6.07) is 23.1. The molecule has 0 unspecified atom stereocenters. The van der Waals surface area contributed by atoms with Crippen LogP contribution in [-0.4, -0.2) is 13.1 Å². The van der Waals surface area contributed by atoms with Crippen LogP contribution >= 0.6 is 0 Å². The van der Waals surface area contributed by atoms with Crippen LogP contribution in [0.25, 0.3) is 0 Å². The number of rotatable bonds is 7. The lowest BCUT2D eigenvalue weighted by molar-refractivity contribution is 0.558. The van der Waals surface area contributed by atoms with Gasteiger partial charge in [-0.15, -0.1) is 0 Å². The zero-order chi connectivity index (χ0) is 15.6. The van der Waals surface area contributed by atoms with Gasteiger partial charge in [-0.3, -0.25) is 10.6 Å². The molecule has 110 valence electrons. The number of nitrogens with one attached hydrogen (secondary N) is 2. The fourth-order valence-electron chi connectivity index (χ4n) is 2.20. The van der Waals surface area contributed by atoms with Crippen molar-refractivity contribution in [3.8, 4) is 12.1 Å². The van der Waals surface area contributed by atoms with Gasteiger partial charge in [0, 0.05) is 13.1 Å². The van der Waals surface area contributed by atoms with E-state index in [1.54, 1.807) is 0 Å². The summed E-state index contributed by atoms with van der Waals surface area (Å²) in [4.78, 5) is 0. The average Bonchev–Trinajstić information content (AvgIpc) is 2.60. The number of hydrogen-bond donors (Lipinski definition) is 2. The first-order valence-corrected chi connectivity index (χ1v) is 7.21. The summed E-state index contributed by atoms with van der Waals surface area (Å²) in [5.74, 6) is 0. The lowest BCUT2D eigenvalue weighted by Crippen LogP contribution is -2.31.